The van der Waals surface area contributed by atoms with Crippen molar-refractivity contribution in [2.75, 3.05) is 13.7 Å². The number of hydrogen-bond acceptors (Lipinski definition) is 4. The molecule has 1 atom stereocenters. The predicted octanol–water partition coefficient (Wildman–Crippen LogP) is 2.51. The minimum atomic E-state index is -1.02. The van der Waals surface area contributed by atoms with E-state index in [9.17, 15) is 9.59 Å². The predicted molar refractivity (Wildman–Crippen MR) is 76.7 cm³/mol. The normalized spacial score (nSPS) is 14.1. The largest absolute Gasteiger partial charge is 0.467 e. The van der Waals surface area contributed by atoms with Crippen LogP contribution < -0.4 is 0 Å². The summed E-state index contributed by atoms with van der Waals surface area (Å²) in [7, 11) is 1.31. The van der Waals surface area contributed by atoms with Crippen molar-refractivity contribution in [3.8, 4) is 6.07 Å². The fraction of sp³-hybridized carbons (Fsp3) is 0.800. The quantitative estimate of drug-likeness (QED) is 0.702. The van der Waals surface area contributed by atoms with Gasteiger partial charge in [0.25, 0.3) is 0 Å². The van der Waals surface area contributed by atoms with Crippen LogP contribution in [-0.4, -0.2) is 36.0 Å². The summed E-state index contributed by atoms with van der Waals surface area (Å²) >= 11 is 0. The zero-order chi connectivity index (χ0) is 16.0. The van der Waals surface area contributed by atoms with E-state index in [2.05, 4.69) is 20.8 Å². The molecular formula is C15H26N2O3. The summed E-state index contributed by atoms with van der Waals surface area (Å²) in [6, 6.07) is 1.85. The van der Waals surface area contributed by atoms with Crippen LogP contribution in [0.2, 0.25) is 0 Å². The van der Waals surface area contributed by atoms with Crippen LogP contribution in [0.3, 0.4) is 0 Å². The van der Waals surface area contributed by atoms with Crippen LogP contribution in [-0.2, 0) is 14.3 Å². The second-order valence-electron chi connectivity index (χ2n) is 6.31. The monoisotopic (exact) mass is 282 g/mol. The molecule has 0 aromatic heterocycles. The molecule has 0 aliphatic rings. The number of methoxy groups -OCH3 is 1. The smallest absolute Gasteiger partial charge is 0.331 e. The van der Waals surface area contributed by atoms with Crippen LogP contribution in [0, 0.1) is 16.7 Å². The van der Waals surface area contributed by atoms with Crippen molar-refractivity contribution in [1.29, 1.82) is 5.26 Å². The van der Waals surface area contributed by atoms with Gasteiger partial charge in [0.1, 0.15) is 12.0 Å². The molecular weight excluding hydrogens is 256 g/mol. The fourth-order valence-electron chi connectivity index (χ4n) is 1.92. The molecule has 0 radical (unpaired) electrons. The van der Waals surface area contributed by atoms with Gasteiger partial charge in [-0.25, -0.2) is 4.79 Å². The van der Waals surface area contributed by atoms with E-state index in [4.69, 9.17) is 10.00 Å². The van der Waals surface area contributed by atoms with Crippen LogP contribution in [0.25, 0.3) is 0 Å². The number of carbonyl (C=O) groups is 2. The second-order valence-corrected chi connectivity index (χ2v) is 6.31. The molecule has 0 aromatic carbocycles. The number of carbonyl (C=O) groups excluding carboxylic acids is 2. The molecule has 0 saturated heterocycles. The van der Waals surface area contributed by atoms with Crippen molar-refractivity contribution in [3.63, 3.8) is 0 Å². The average Bonchev–Trinajstić information content (AvgIpc) is 2.36. The first kappa shape index (κ1) is 18.4. The lowest BCUT2D eigenvalue weighted by Gasteiger charge is -2.39. The fourth-order valence-corrected chi connectivity index (χ4v) is 1.92. The SMILES string of the molecule is CCC(C)(C(=O)OC)N(CCC(C)(C)C)C(=O)CC#N. The van der Waals surface area contributed by atoms with Crippen molar-refractivity contribution in [2.24, 2.45) is 5.41 Å². The number of hydrogen-bond donors (Lipinski definition) is 0. The molecule has 0 aromatic rings. The Morgan fingerprint density at radius 3 is 2.15 bits per heavy atom. The third-order valence-corrected chi connectivity index (χ3v) is 3.53. The minimum Gasteiger partial charge on any atom is -0.467 e. The molecule has 0 N–H and O–H groups in total. The van der Waals surface area contributed by atoms with Gasteiger partial charge < -0.3 is 9.64 Å². The summed E-state index contributed by atoms with van der Waals surface area (Å²) in [5, 5.41) is 8.73. The Labute approximate surface area is 121 Å². The molecule has 0 rings (SSSR count). The lowest BCUT2D eigenvalue weighted by atomic mass is 9.89. The van der Waals surface area contributed by atoms with Crippen molar-refractivity contribution in [1.82, 2.24) is 4.90 Å². The van der Waals surface area contributed by atoms with E-state index in [1.165, 1.54) is 12.0 Å². The summed E-state index contributed by atoms with van der Waals surface area (Å²) in [6.45, 7) is 10.2. The molecule has 0 heterocycles. The molecule has 5 nitrogen and oxygen atoms in total. The first-order chi connectivity index (χ1) is 9.12. The first-order valence-corrected chi connectivity index (χ1v) is 6.88. The second kappa shape index (κ2) is 7.28. The zero-order valence-electron chi connectivity index (χ0n) is 13.4. The van der Waals surface area contributed by atoms with Gasteiger partial charge in [0.2, 0.25) is 5.91 Å². The van der Waals surface area contributed by atoms with Gasteiger partial charge in [-0.15, -0.1) is 0 Å². The first-order valence-electron chi connectivity index (χ1n) is 6.88. The maximum absolute atomic E-state index is 12.2. The third-order valence-electron chi connectivity index (χ3n) is 3.53. The van der Waals surface area contributed by atoms with Gasteiger partial charge in [-0.1, -0.05) is 27.7 Å². The summed E-state index contributed by atoms with van der Waals surface area (Å²) in [6.07, 6.45) is 0.967. The average molecular weight is 282 g/mol. The maximum atomic E-state index is 12.2. The number of rotatable bonds is 6. The minimum absolute atomic E-state index is 0.0376. The molecule has 0 saturated carbocycles. The van der Waals surface area contributed by atoms with E-state index in [-0.39, 0.29) is 17.7 Å². The maximum Gasteiger partial charge on any atom is 0.331 e. The van der Waals surface area contributed by atoms with Crippen molar-refractivity contribution in [3.05, 3.63) is 0 Å². The zero-order valence-corrected chi connectivity index (χ0v) is 13.4. The van der Waals surface area contributed by atoms with Gasteiger partial charge >= 0.3 is 5.97 Å². The number of nitriles is 1. The Hall–Kier alpha value is -1.57. The van der Waals surface area contributed by atoms with E-state index in [0.29, 0.717) is 13.0 Å². The van der Waals surface area contributed by atoms with Gasteiger partial charge in [0, 0.05) is 6.54 Å². The van der Waals surface area contributed by atoms with Crippen LogP contribution >= 0.6 is 0 Å². The van der Waals surface area contributed by atoms with Gasteiger partial charge in [-0.05, 0) is 25.2 Å². The molecule has 20 heavy (non-hydrogen) atoms. The summed E-state index contributed by atoms with van der Waals surface area (Å²) < 4.78 is 4.83. The third kappa shape index (κ3) is 4.84. The highest BCUT2D eigenvalue weighted by Gasteiger charge is 2.41. The number of esters is 1. The van der Waals surface area contributed by atoms with Gasteiger partial charge in [-0.3, -0.25) is 4.79 Å². The molecule has 0 spiro atoms. The van der Waals surface area contributed by atoms with Crippen molar-refractivity contribution >= 4 is 11.9 Å². The standard InChI is InChI=1S/C15H26N2O3/c1-7-15(5,13(19)20-6)17(12(18)8-10-16)11-9-14(2,3)4/h7-9,11H2,1-6H3. The number of ether oxygens (including phenoxy) is 1. The Kier molecular flexibility index (Phi) is 6.70. The topological polar surface area (TPSA) is 70.4 Å². The Morgan fingerprint density at radius 1 is 1.25 bits per heavy atom. The number of amides is 1. The Bertz CT molecular complexity index is 393. The van der Waals surface area contributed by atoms with E-state index < -0.39 is 11.5 Å². The number of nitrogens with zero attached hydrogens (tertiary/aromatic N) is 2. The molecule has 0 aliphatic carbocycles. The van der Waals surface area contributed by atoms with Gasteiger partial charge in [0.15, 0.2) is 0 Å². The molecule has 0 aliphatic heterocycles. The lowest BCUT2D eigenvalue weighted by molar-refractivity contribution is -0.161. The van der Waals surface area contributed by atoms with Crippen LogP contribution in [0.1, 0.15) is 53.9 Å². The molecule has 114 valence electrons. The Morgan fingerprint density at radius 2 is 1.80 bits per heavy atom. The molecule has 1 amide bonds. The van der Waals surface area contributed by atoms with Crippen LogP contribution in [0.15, 0.2) is 0 Å². The molecule has 0 bridgehead atoms. The van der Waals surface area contributed by atoms with Gasteiger partial charge in [-0.2, -0.15) is 5.26 Å². The highest BCUT2D eigenvalue weighted by Crippen LogP contribution is 2.26. The summed E-state index contributed by atoms with van der Waals surface area (Å²) in [5.74, 6) is -0.772. The molecule has 0 fully saturated rings. The highest BCUT2D eigenvalue weighted by atomic mass is 16.5. The van der Waals surface area contributed by atoms with Gasteiger partial charge in [0.05, 0.1) is 13.2 Å². The van der Waals surface area contributed by atoms with E-state index in [0.717, 1.165) is 6.42 Å². The lowest BCUT2D eigenvalue weighted by Crippen LogP contribution is -2.55. The van der Waals surface area contributed by atoms with E-state index in [1.54, 1.807) is 6.92 Å². The highest BCUT2D eigenvalue weighted by molar-refractivity contribution is 5.88. The summed E-state index contributed by atoms with van der Waals surface area (Å²) in [4.78, 5) is 25.7. The van der Waals surface area contributed by atoms with Crippen molar-refractivity contribution in [2.45, 2.75) is 59.4 Å². The van der Waals surface area contributed by atoms with E-state index >= 15 is 0 Å². The molecule has 1 unspecified atom stereocenters. The van der Waals surface area contributed by atoms with Crippen LogP contribution in [0.4, 0.5) is 0 Å². The van der Waals surface area contributed by atoms with Crippen LogP contribution in [0.5, 0.6) is 0 Å². The Balaban J connectivity index is 5.33. The van der Waals surface area contributed by atoms with E-state index in [1.807, 2.05) is 13.0 Å². The molecule has 5 heteroatoms. The summed E-state index contributed by atoms with van der Waals surface area (Å²) in [5.41, 5.74) is -0.982. The van der Waals surface area contributed by atoms with Crippen molar-refractivity contribution < 1.29 is 14.3 Å².